The van der Waals surface area contributed by atoms with Crippen molar-refractivity contribution in [1.82, 2.24) is 0 Å². The van der Waals surface area contributed by atoms with Crippen LogP contribution in [-0.2, 0) is 32.2 Å². The van der Waals surface area contributed by atoms with E-state index in [1.807, 2.05) is 18.2 Å². The molecular weight excluding hydrogens is 395 g/mol. The number of ether oxygens (including phenoxy) is 4. The van der Waals surface area contributed by atoms with E-state index in [4.69, 9.17) is 18.9 Å². The number of benzene rings is 2. The normalized spacial score (nSPS) is 18.3. The third-order valence-corrected chi connectivity index (χ3v) is 6.24. The Morgan fingerprint density at radius 2 is 1.16 bits per heavy atom. The van der Waals surface area contributed by atoms with Crippen molar-refractivity contribution in [3.05, 3.63) is 71.5 Å². The van der Waals surface area contributed by atoms with E-state index in [2.05, 4.69) is 26.0 Å². The Labute approximate surface area is 185 Å². The van der Waals surface area contributed by atoms with Gasteiger partial charge in [-0.1, -0.05) is 56.3 Å². The van der Waals surface area contributed by atoms with Crippen LogP contribution in [0.2, 0.25) is 0 Å². The molecule has 0 saturated carbocycles. The van der Waals surface area contributed by atoms with Crippen LogP contribution in [0.4, 0.5) is 4.39 Å². The van der Waals surface area contributed by atoms with E-state index < -0.39 is 0 Å². The van der Waals surface area contributed by atoms with Crippen molar-refractivity contribution in [2.75, 3.05) is 39.6 Å². The fraction of sp³-hybridized carbons (Fsp3) is 0.538. The lowest BCUT2D eigenvalue weighted by Crippen LogP contribution is -2.45. The Hall–Kier alpha value is -1.79. The Bertz CT molecular complexity index is 744. The minimum absolute atomic E-state index is 0.207. The molecule has 170 valence electrons. The second-order valence-corrected chi connectivity index (χ2v) is 8.79. The molecule has 2 fully saturated rings. The van der Waals surface area contributed by atoms with Gasteiger partial charge in [-0.15, -0.1) is 0 Å². The highest BCUT2D eigenvalue weighted by molar-refractivity contribution is 5.15. The predicted octanol–water partition coefficient (Wildman–Crippen LogP) is 5.40. The summed E-state index contributed by atoms with van der Waals surface area (Å²) in [4.78, 5) is 0. The Kier molecular flexibility index (Phi) is 9.02. The number of hydrogen-bond donors (Lipinski definition) is 0. The summed E-state index contributed by atoms with van der Waals surface area (Å²) >= 11 is 0. The van der Waals surface area contributed by atoms with Crippen LogP contribution in [0.5, 0.6) is 0 Å². The molecule has 4 rings (SSSR count). The first-order chi connectivity index (χ1) is 15.1. The molecule has 2 aliphatic heterocycles. The van der Waals surface area contributed by atoms with Gasteiger partial charge in [0, 0.05) is 10.8 Å². The molecule has 2 aromatic rings. The van der Waals surface area contributed by atoms with Gasteiger partial charge in [-0.05, 0) is 36.1 Å². The summed E-state index contributed by atoms with van der Waals surface area (Å²) < 4.78 is 34.5. The number of halogens is 1. The zero-order chi connectivity index (χ0) is 22.0. The van der Waals surface area contributed by atoms with Crippen LogP contribution < -0.4 is 0 Å². The quantitative estimate of drug-likeness (QED) is 0.506. The van der Waals surface area contributed by atoms with Crippen LogP contribution >= 0.6 is 0 Å². The van der Waals surface area contributed by atoms with Gasteiger partial charge in [0.2, 0.25) is 0 Å². The predicted molar refractivity (Wildman–Crippen MR) is 119 cm³/mol. The van der Waals surface area contributed by atoms with Gasteiger partial charge < -0.3 is 18.9 Å². The summed E-state index contributed by atoms with van der Waals surface area (Å²) in [5.74, 6) is -0.207. The van der Waals surface area contributed by atoms with Gasteiger partial charge in [-0.25, -0.2) is 4.39 Å². The molecule has 0 unspecified atom stereocenters. The van der Waals surface area contributed by atoms with Crippen LogP contribution in [0.15, 0.2) is 54.6 Å². The second kappa shape index (κ2) is 11.7. The highest BCUT2D eigenvalue weighted by Gasteiger charge is 2.37. The Morgan fingerprint density at radius 3 is 1.55 bits per heavy atom. The average Bonchev–Trinajstić information content (AvgIpc) is 2.75. The molecule has 0 radical (unpaired) electrons. The molecule has 0 atom stereocenters. The third kappa shape index (κ3) is 7.11. The number of hydrogen-bond acceptors (Lipinski definition) is 4. The first kappa shape index (κ1) is 23.9. The zero-order valence-corrected chi connectivity index (χ0v) is 18.8. The molecule has 0 aromatic heterocycles. The molecule has 4 nitrogen and oxygen atoms in total. The Balaban J connectivity index is 0.000000176. The molecular formula is C26H35FO4. The van der Waals surface area contributed by atoms with Crippen molar-refractivity contribution < 1.29 is 23.3 Å². The summed E-state index contributed by atoms with van der Waals surface area (Å²) in [5.41, 5.74) is 2.77. The van der Waals surface area contributed by atoms with E-state index >= 15 is 0 Å². The summed E-state index contributed by atoms with van der Waals surface area (Å²) in [6, 6.07) is 16.7. The molecule has 2 saturated heterocycles. The first-order valence-electron chi connectivity index (χ1n) is 11.2. The summed E-state index contributed by atoms with van der Waals surface area (Å²) in [5, 5.41) is 0. The lowest BCUT2D eigenvalue weighted by atomic mass is 9.84. The second-order valence-electron chi connectivity index (χ2n) is 8.79. The summed E-state index contributed by atoms with van der Waals surface area (Å²) in [6.45, 7) is 10.5. The van der Waals surface area contributed by atoms with Crippen LogP contribution in [-0.4, -0.2) is 39.6 Å². The average molecular weight is 431 g/mol. The van der Waals surface area contributed by atoms with Crippen molar-refractivity contribution in [2.45, 2.75) is 39.9 Å². The third-order valence-electron chi connectivity index (χ3n) is 6.24. The monoisotopic (exact) mass is 430 g/mol. The molecule has 0 bridgehead atoms. The molecule has 2 aliphatic rings. The first-order valence-corrected chi connectivity index (χ1v) is 11.2. The number of rotatable bonds is 10. The molecule has 2 aromatic carbocycles. The van der Waals surface area contributed by atoms with E-state index in [-0.39, 0.29) is 11.2 Å². The maximum absolute atomic E-state index is 12.7. The van der Waals surface area contributed by atoms with Crippen molar-refractivity contribution in [1.29, 1.82) is 0 Å². The zero-order valence-electron chi connectivity index (χ0n) is 18.8. The molecule has 2 heterocycles. The van der Waals surface area contributed by atoms with Crippen molar-refractivity contribution >= 4 is 0 Å². The summed E-state index contributed by atoms with van der Waals surface area (Å²) in [6.07, 6.45) is 2.22. The fourth-order valence-electron chi connectivity index (χ4n) is 3.49. The highest BCUT2D eigenvalue weighted by atomic mass is 19.1. The van der Waals surface area contributed by atoms with E-state index in [1.165, 1.54) is 17.7 Å². The maximum Gasteiger partial charge on any atom is 0.123 e. The van der Waals surface area contributed by atoms with Gasteiger partial charge >= 0.3 is 0 Å². The van der Waals surface area contributed by atoms with Crippen molar-refractivity contribution in [3.63, 3.8) is 0 Å². The highest BCUT2D eigenvalue weighted by Crippen LogP contribution is 2.32. The van der Waals surface area contributed by atoms with Crippen molar-refractivity contribution in [3.8, 4) is 0 Å². The van der Waals surface area contributed by atoms with Crippen molar-refractivity contribution in [2.24, 2.45) is 10.8 Å². The van der Waals surface area contributed by atoms with Crippen LogP contribution in [0.1, 0.15) is 37.8 Å². The van der Waals surface area contributed by atoms with E-state index in [0.717, 1.165) is 58.0 Å². The van der Waals surface area contributed by atoms with Gasteiger partial charge in [0.1, 0.15) is 5.82 Å². The standard InChI is InChI=1S/C13H17FO2.C13H18O2/c1-2-13(9-16-10-13)8-15-7-11-3-5-12(14)6-4-11;1-2-13(10-15-11-13)9-14-8-12-6-4-3-5-7-12/h3-6H,2,7-10H2,1H3;3-7H,2,8-11H2,1H3. The molecule has 0 aliphatic carbocycles. The smallest absolute Gasteiger partial charge is 0.123 e. The molecule has 5 heteroatoms. The van der Waals surface area contributed by atoms with E-state index in [9.17, 15) is 4.39 Å². The molecule has 31 heavy (non-hydrogen) atoms. The largest absolute Gasteiger partial charge is 0.380 e. The van der Waals surface area contributed by atoms with Gasteiger partial charge in [0.05, 0.1) is 52.9 Å². The lowest BCUT2D eigenvalue weighted by molar-refractivity contribution is -0.152. The van der Waals surface area contributed by atoms with E-state index in [1.54, 1.807) is 12.1 Å². The van der Waals surface area contributed by atoms with Gasteiger partial charge in [-0.2, -0.15) is 0 Å². The van der Waals surface area contributed by atoms with Crippen LogP contribution in [0, 0.1) is 16.6 Å². The SMILES string of the molecule is CCC1(COCc2ccc(F)cc2)COC1.CCC1(COCc2ccccc2)COC1. The maximum atomic E-state index is 12.7. The fourth-order valence-corrected chi connectivity index (χ4v) is 3.49. The molecule has 0 spiro atoms. The topological polar surface area (TPSA) is 36.9 Å². The van der Waals surface area contributed by atoms with Gasteiger partial charge in [0.15, 0.2) is 0 Å². The van der Waals surface area contributed by atoms with E-state index in [0.29, 0.717) is 18.6 Å². The minimum Gasteiger partial charge on any atom is -0.380 e. The lowest BCUT2D eigenvalue weighted by Gasteiger charge is -2.40. The summed E-state index contributed by atoms with van der Waals surface area (Å²) in [7, 11) is 0. The molecule has 0 N–H and O–H groups in total. The van der Waals surface area contributed by atoms with Crippen LogP contribution in [0.25, 0.3) is 0 Å². The molecule has 0 amide bonds. The van der Waals surface area contributed by atoms with Gasteiger partial charge in [0.25, 0.3) is 0 Å². The van der Waals surface area contributed by atoms with Gasteiger partial charge in [-0.3, -0.25) is 0 Å². The minimum atomic E-state index is -0.207. The Morgan fingerprint density at radius 1 is 0.710 bits per heavy atom. The van der Waals surface area contributed by atoms with Crippen LogP contribution in [0.3, 0.4) is 0 Å².